The van der Waals surface area contributed by atoms with Crippen molar-refractivity contribution in [1.29, 1.82) is 5.26 Å². The van der Waals surface area contributed by atoms with Crippen LogP contribution in [-0.2, 0) is 0 Å². The van der Waals surface area contributed by atoms with E-state index in [2.05, 4.69) is 22.4 Å². The maximum Gasteiger partial charge on any atom is 0.145 e. The summed E-state index contributed by atoms with van der Waals surface area (Å²) < 4.78 is 5.85. The van der Waals surface area contributed by atoms with Crippen molar-refractivity contribution in [1.82, 2.24) is 10.3 Å². The molecule has 4 heteroatoms. The Hall–Kier alpha value is -2.12. The molecule has 108 valence electrons. The molecule has 1 aliphatic rings. The Morgan fingerprint density at radius 3 is 3.00 bits per heavy atom. The van der Waals surface area contributed by atoms with Gasteiger partial charge in [-0.25, -0.2) is 4.98 Å². The molecular formula is C17H19N3O. The third-order valence-electron chi connectivity index (χ3n) is 3.66. The summed E-state index contributed by atoms with van der Waals surface area (Å²) in [6, 6.07) is 12.7. The van der Waals surface area contributed by atoms with Gasteiger partial charge >= 0.3 is 0 Å². The van der Waals surface area contributed by atoms with E-state index in [1.165, 1.54) is 12.8 Å². The molecule has 1 atom stereocenters. The van der Waals surface area contributed by atoms with Crippen molar-refractivity contribution in [2.24, 2.45) is 0 Å². The largest absolute Gasteiger partial charge is 0.491 e. The van der Waals surface area contributed by atoms with Gasteiger partial charge in [-0.2, -0.15) is 5.26 Å². The zero-order valence-corrected chi connectivity index (χ0v) is 12.2. The fourth-order valence-electron chi connectivity index (χ4n) is 2.34. The second-order valence-corrected chi connectivity index (χ2v) is 5.54. The first-order valence-corrected chi connectivity index (χ1v) is 7.41. The molecule has 0 spiro atoms. The molecular weight excluding hydrogens is 262 g/mol. The number of hydrogen-bond acceptors (Lipinski definition) is 4. The van der Waals surface area contributed by atoms with Crippen LogP contribution < -0.4 is 10.1 Å². The highest BCUT2D eigenvalue weighted by atomic mass is 16.5. The molecule has 1 aliphatic carbocycles. The van der Waals surface area contributed by atoms with Crippen LogP contribution in [0.2, 0.25) is 0 Å². The number of nitrogens with zero attached hydrogens (tertiary/aromatic N) is 2. The number of rotatable bonds is 6. The molecule has 0 amide bonds. The maximum atomic E-state index is 9.13. The second kappa shape index (κ2) is 6.11. The molecule has 0 radical (unpaired) electrons. The summed E-state index contributed by atoms with van der Waals surface area (Å²) >= 11 is 0. The molecule has 2 aromatic rings. The van der Waals surface area contributed by atoms with Crippen LogP contribution >= 0.6 is 0 Å². The lowest BCUT2D eigenvalue weighted by molar-refractivity contribution is 0.300. The summed E-state index contributed by atoms with van der Waals surface area (Å²) in [5, 5.41) is 13.5. The number of fused-ring (bicyclic) bond motifs is 1. The Morgan fingerprint density at radius 2 is 2.24 bits per heavy atom. The standard InChI is InChI=1S/C17H19N3O/c1-12-5-6-13-3-2-4-16(17(13)19-12)21-10-9-15(11-18)20-14-7-8-14/h2-6,14-15,20H,7-10H2,1H3. The first-order valence-electron chi connectivity index (χ1n) is 7.41. The van der Waals surface area contributed by atoms with Crippen LogP contribution in [0.4, 0.5) is 0 Å². The Kier molecular flexibility index (Phi) is 4.03. The number of aryl methyl sites for hydroxylation is 1. The van der Waals surface area contributed by atoms with E-state index in [1.807, 2.05) is 31.2 Å². The fourth-order valence-corrected chi connectivity index (χ4v) is 2.34. The molecule has 1 aromatic carbocycles. The van der Waals surface area contributed by atoms with Gasteiger partial charge < -0.3 is 4.74 Å². The van der Waals surface area contributed by atoms with Crippen molar-refractivity contribution < 1.29 is 4.74 Å². The highest BCUT2D eigenvalue weighted by molar-refractivity contribution is 5.84. The van der Waals surface area contributed by atoms with Crippen LogP contribution in [0, 0.1) is 18.3 Å². The van der Waals surface area contributed by atoms with Crippen LogP contribution in [-0.4, -0.2) is 23.7 Å². The van der Waals surface area contributed by atoms with Gasteiger partial charge in [0.15, 0.2) is 0 Å². The number of para-hydroxylation sites is 1. The quantitative estimate of drug-likeness (QED) is 0.884. The first kappa shape index (κ1) is 13.8. The molecule has 0 saturated heterocycles. The van der Waals surface area contributed by atoms with Crippen molar-refractivity contribution in [2.75, 3.05) is 6.61 Å². The summed E-state index contributed by atoms with van der Waals surface area (Å²) in [5.74, 6) is 0.791. The Bertz CT molecular complexity index is 673. The molecule has 3 rings (SSSR count). The van der Waals surface area contributed by atoms with Gasteiger partial charge in [0.05, 0.1) is 18.7 Å². The number of nitriles is 1. The minimum Gasteiger partial charge on any atom is -0.491 e. The lowest BCUT2D eigenvalue weighted by Gasteiger charge is -2.12. The second-order valence-electron chi connectivity index (χ2n) is 5.54. The lowest BCUT2D eigenvalue weighted by Crippen LogP contribution is -2.31. The summed E-state index contributed by atoms with van der Waals surface area (Å²) in [5.41, 5.74) is 1.87. The van der Waals surface area contributed by atoms with Crippen LogP contribution in [0.5, 0.6) is 5.75 Å². The maximum absolute atomic E-state index is 9.13. The Morgan fingerprint density at radius 1 is 1.38 bits per heavy atom. The van der Waals surface area contributed by atoms with Gasteiger partial charge in [-0.1, -0.05) is 18.2 Å². The Labute approximate surface area is 124 Å². The van der Waals surface area contributed by atoms with Gasteiger partial charge in [0.1, 0.15) is 11.3 Å². The highest BCUT2D eigenvalue weighted by Gasteiger charge is 2.24. The van der Waals surface area contributed by atoms with E-state index >= 15 is 0 Å². The molecule has 1 unspecified atom stereocenters. The van der Waals surface area contributed by atoms with Crippen LogP contribution in [0.1, 0.15) is 25.0 Å². The van der Waals surface area contributed by atoms with E-state index in [1.54, 1.807) is 0 Å². The monoisotopic (exact) mass is 281 g/mol. The van der Waals surface area contributed by atoms with Gasteiger partial charge in [-0.3, -0.25) is 5.32 Å². The third-order valence-corrected chi connectivity index (χ3v) is 3.66. The predicted molar refractivity (Wildman–Crippen MR) is 82.2 cm³/mol. The SMILES string of the molecule is Cc1ccc2cccc(OCCC(C#N)NC3CC3)c2n1. The topological polar surface area (TPSA) is 57.9 Å². The number of ether oxygens (including phenoxy) is 1. The third kappa shape index (κ3) is 3.50. The number of benzene rings is 1. The molecule has 1 aromatic heterocycles. The summed E-state index contributed by atoms with van der Waals surface area (Å²) in [4.78, 5) is 4.55. The van der Waals surface area contributed by atoms with E-state index in [9.17, 15) is 0 Å². The minimum absolute atomic E-state index is 0.123. The van der Waals surface area contributed by atoms with Crippen LogP contribution in [0.25, 0.3) is 10.9 Å². The van der Waals surface area contributed by atoms with E-state index < -0.39 is 0 Å². The number of pyridine rings is 1. The van der Waals surface area contributed by atoms with Crippen LogP contribution in [0.15, 0.2) is 30.3 Å². The van der Waals surface area contributed by atoms with E-state index in [-0.39, 0.29) is 6.04 Å². The number of nitrogens with one attached hydrogen (secondary N) is 1. The zero-order valence-electron chi connectivity index (χ0n) is 12.2. The molecule has 21 heavy (non-hydrogen) atoms. The van der Waals surface area contributed by atoms with Crippen molar-refractivity contribution >= 4 is 10.9 Å². The fraction of sp³-hybridized carbons (Fsp3) is 0.412. The average molecular weight is 281 g/mol. The molecule has 0 bridgehead atoms. The predicted octanol–water partition coefficient (Wildman–Crippen LogP) is 2.96. The average Bonchev–Trinajstić information content (AvgIpc) is 3.30. The summed E-state index contributed by atoms with van der Waals surface area (Å²) in [7, 11) is 0. The zero-order chi connectivity index (χ0) is 14.7. The summed E-state index contributed by atoms with van der Waals surface area (Å²) in [6.45, 7) is 2.49. The van der Waals surface area contributed by atoms with Gasteiger partial charge in [0, 0.05) is 23.5 Å². The Balaban J connectivity index is 1.64. The molecule has 1 N–H and O–H groups in total. The highest BCUT2D eigenvalue weighted by Crippen LogP contribution is 2.24. The molecule has 4 nitrogen and oxygen atoms in total. The van der Waals surface area contributed by atoms with Gasteiger partial charge in [0.25, 0.3) is 0 Å². The molecule has 1 heterocycles. The molecule has 1 saturated carbocycles. The lowest BCUT2D eigenvalue weighted by atomic mass is 10.2. The normalized spacial score (nSPS) is 15.6. The van der Waals surface area contributed by atoms with Crippen LogP contribution in [0.3, 0.4) is 0 Å². The minimum atomic E-state index is -0.123. The van der Waals surface area contributed by atoms with E-state index in [0.717, 1.165) is 22.3 Å². The van der Waals surface area contributed by atoms with Crippen molar-refractivity contribution in [3.63, 3.8) is 0 Å². The van der Waals surface area contributed by atoms with Gasteiger partial charge in [0.2, 0.25) is 0 Å². The van der Waals surface area contributed by atoms with Crippen molar-refractivity contribution in [3.05, 3.63) is 36.0 Å². The van der Waals surface area contributed by atoms with E-state index in [0.29, 0.717) is 19.1 Å². The number of hydrogen-bond donors (Lipinski definition) is 1. The van der Waals surface area contributed by atoms with Crippen molar-refractivity contribution in [3.8, 4) is 11.8 Å². The van der Waals surface area contributed by atoms with Gasteiger partial charge in [-0.05, 0) is 31.9 Å². The smallest absolute Gasteiger partial charge is 0.145 e. The number of aromatic nitrogens is 1. The van der Waals surface area contributed by atoms with Crippen molar-refractivity contribution in [2.45, 2.75) is 38.3 Å². The molecule has 1 fully saturated rings. The first-order chi connectivity index (χ1) is 10.3. The van der Waals surface area contributed by atoms with E-state index in [4.69, 9.17) is 10.00 Å². The van der Waals surface area contributed by atoms with Gasteiger partial charge in [-0.15, -0.1) is 0 Å². The molecule has 0 aliphatic heterocycles. The summed E-state index contributed by atoms with van der Waals surface area (Å²) in [6.07, 6.45) is 3.06.